The van der Waals surface area contributed by atoms with E-state index in [1.807, 2.05) is 37.4 Å². The highest BCUT2D eigenvalue weighted by Crippen LogP contribution is 2.31. The van der Waals surface area contributed by atoms with Crippen LogP contribution in [0.5, 0.6) is 17.2 Å². The minimum absolute atomic E-state index is 0.0909. The van der Waals surface area contributed by atoms with E-state index >= 15 is 0 Å². The Morgan fingerprint density at radius 2 is 1.61 bits per heavy atom. The van der Waals surface area contributed by atoms with Crippen LogP contribution in [-0.2, 0) is 6.54 Å². The average Bonchev–Trinajstić information content (AvgIpc) is 2.78. The Hall–Kier alpha value is -2.93. The number of para-hydroxylation sites is 1. The summed E-state index contributed by atoms with van der Waals surface area (Å²) in [5.74, 6) is 3.16. The van der Waals surface area contributed by atoms with Gasteiger partial charge in [-0.25, -0.2) is 0 Å². The Labute approximate surface area is 186 Å². The molecule has 7 nitrogen and oxygen atoms in total. The molecule has 0 amide bonds. The van der Waals surface area contributed by atoms with Crippen LogP contribution < -0.4 is 19.5 Å². The van der Waals surface area contributed by atoms with E-state index in [1.165, 1.54) is 0 Å². The first-order valence-corrected chi connectivity index (χ1v) is 10.4. The largest absolute Gasteiger partial charge is 0.496 e. The Kier molecular flexibility index (Phi) is 9.46. The van der Waals surface area contributed by atoms with Crippen molar-refractivity contribution in [2.24, 2.45) is 4.99 Å². The monoisotopic (exact) mass is 428 g/mol. The summed E-state index contributed by atoms with van der Waals surface area (Å²) in [6.07, 6.45) is 0. The maximum absolute atomic E-state index is 5.50. The lowest BCUT2D eigenvalue weighted by Crippen LogP contribution is -2.39. The molecule has 0 aromatic heterocycles. The third-order valence-corrected chi connectivity index (χ3v) is 5.13. The van der Waals surface area contributed by atoms with Crippen LogP contribution in [0.3, 0.4) is 0 Å². The molecule has 2 aromatic carbocycles. The highest BCUT2D eigenvalue weighted by atomic mass is 16.5. The molecule has 7 heteroatoms. The number of aliphatic imine (C=N–C) groups is 1. The van der Waals surface area contributed by atoms with Gasteiger partial charge in [-0.05, 0) is 44.8 Å². The Balaban J connectivity index is 2.24. The molecule has 0 bridgehead atoms. The van der Waals surface area contributed by atoms with Crippen molar-refractivity contribution < 1.29 is 14.2 Å². The van der Waals surface area contributed by atoms with Gasteiger partial charge in [0, 0.05) is 25.7 Å². The molecule has 2 aromatic rings. The van der Waals surface area contributed by atoms with Gasteiger partial charge in [0.1, 0.15) is 5.75 Å². The van der Waals surface area contributed by atoms with E-state index in [4.69, 9.17) is 19.2 Å². The van der Waals surface area contributed by atoms with Gasteiger partial charge in [-0.2, -0.15) is 0 Å². The van der Waals surface area contributed by atoms with Crippen molar-refractivity contribution in [1.82, 2.24) is 15.1 Å². The number of nitrogens with one attached hydrogen (secondary N) is 1. The zero-order chi connectivity index (χ0) is 22.8. The number of methoxy groups -OCH3 is 3. The maximum Gasteiger partial charge on any atom is 0.194 e. The third kappa shape index (κ3) is 6.52. The maximum atomic E-state index is 5.50. The van der Waals surface area contributed by atoms with E-state index in [-0.39, 0.29) is 6.04 Å². The molecular weight excluding hydrogens is 392 g/mol. The van der Waals surface area contributed by atoms with Gasteiger partial charge in [-0.1, -0.05) is 24.3 Å². The quantitative estimate of drug-likeness (QED) is 0.462. The first kappa shape index (κ1) is 24.3. The zero-order valence-corrected chi connectivity index (χ0v) is 19.8. The Morgan fingerprint density at radius 1 is 0.935 bits per heavy atom. The fourth-order valence-electron chi connectivity index (χ4n) is 3.43. The number of hydrogen-bond donors (Lipinski definition) is 1. The summed E-state index contributed by atoms with van der Waals surface area (Å²) in [5.41, 5.74) is 2.23. The third-order valence-electron chi connectivity index (χ3n) is 5.13. The van der Waals surface area contributed by atoms with Gasteiger partial charge < -0.3 is 29.3 Å². The number of likely N-dealkylation sites (N-methyl/N-ethyl adjacent to an activating group) is 1. The van der Waals surface area contributed by atoms with Crippen LogP contribution in [-0.4, -0.2) is 71.3 Å². The fraction of sp³-hybridized carbons (Fsp3) is 0.458. The minimum atomic E-state index is 0.0909. The molecular formula is C24H36N4O3. The van der Waals surface area contributed by atoms with E-state index < -0.39 is 0 Å². The molecule has 0 radical (unpaired) electrons. The Morgan fingerprint density at radius 3 is 2.23 bits per heavy atom. The molecule has 0 saturated heterocycles. The SMILES string of the molecule is CCNC(=NCC(c1ccc(OC)c(OC)c1)N(C)C)N(C)Cc1ccccc1OC. The van der Waals surface area contributed by atoms with E-state index in [9.17, 15) is 0 Å². The van der Waals surface area contributed by atoms with Gasteiger partial charge in [0.25, 0.3) is 0 Å². The van der Waals surface area contributed by atoms with E-state index in [0.29, 0.717) is 13.1 Å². The number of ether oxygens (including phenoxy) is 3. The van der Waals surface area contributed by atoms with Crippen LogP contribution in [0.1, 0.15) is 24.1 Å². The van der Waals surface area contributed by atoms with Crippen LogP contribution >= 0.6 is 0 Å². The normalized spacial score (nSPS) is 12.5. The van der Waals surface area contributed by atoms with E-state index in [0.717, 1.165) is 40.9 Å². The summed E-state index contributed by atoms with van der Waals surface area (Å²) in [6.45, 7) is 4.15. The molecule has 0 spiro atoms. The lowest BCUT2D eigenvalue weighted by molar-refractivity contribution is 0.302. The van der Waals surface area contributed by atoms with Crippen LogP contribution in [0.4, 0.5) is 0 Å². The summed E-state index contributed by atoms with van der Waals surface area (Å²) in [6, 6.07) is 14.2. The number of nitrogens with zero attached hydrogens (tertiary/aromatic N) is 3. The molecule has 0 aliphatic rings. The van der Waals surface area contributed by atoms with Crippen LogP contribution in [0, 0.1) is 0 Å². The predicted octanol–water partition coefficient (Wildman–Crippen LogP) is 3.41. The second kappa shape index (κ2) is 12.1. The van der Waals surface area contributed by atoms with Crippen molar-refractivity contribution >= 4 is 5.96 Å². The molecule has 0 saturated carbocycles. The molecule has 0 aliphatic carbocycles. The van der Waals surface area contributed by atoms with Crippen LogP contribution in [0.25, 0.3) is 0 Å². The second-order valence-electron chi connectivity index (χ2n) is 7.46. The Bertz CT molecular complexity index is 854. The highest BCUT2D eigenvalue weighted by Gasteiger charge is 2.18. The summed E-state index contributed by atoms with van der Waals surface area (Å²) >= 11 is 0. The number of benzene rings is 2. The van der Waals surface area contributed by atoms with Crippen LogP contribution in [0.15, 0.2) is 47.5 Å². The molecule has 0 aliphatic heterocycles. The van der Waals surface area contributed by atoms with Crippen molar-refractivity contribution in [2.75, 3.05) is 55.6 Å². The smallest absolute Gasteiger partial charge is 0.194 e. The average molecular weight is 429 g/mol. The van der Waals surface area contributed by atoms with Crippen molar-refractivity contribution in [1.29, 1.82) is 0 Å². The molecule has 1 unspecified atom stereocenters. The summed E-state index contributed by atoms with van der Waals surface area (Å²) < 4.78 is 16.4. The lowest BCUT2D eigenvalue weighted by atomic mass is 10.1. The summed E-state index contributed by atoms with van der Waals surface area (Å²) in [7, 11) is 11.1. The number of guanidine groups is 1. The number of hydrogen-bond acceptors (Lipinski definition) is 5. The van der Waals surface area contributed by atoms with Crippen molar-refractivity contribution in [2.45, 2.75) is 19.5 Å². The van der Waals surface area contributed by atoms with E-state index in [2.05, 4.69) is 48.3 Å². The molecule has 2 rings (SSSR count). The molecule has 170 valence electrons. The number of rotatable bonds is 10. The molecule has 31 heavy (non-hydrogen) atoms. The van der Waals surface area contributed by atoms with Crippen LogP contribution in [0.2, 0.25) is 0 Å². The molecule has 0 heterocycles. The van der Waals surface area contributed by atoms with Gasteiger partial charge in [-0.15, -0.1) is 0 Å². The zero-order valence-electron chi connectivity index (χ0n) is 19.8. The van der Waals surface area contributed by atoms with Gasteiger partial charge in [-0.3, -0.25) is 4.99 Å². The van der Waals surface area contributed by atoms with Crippen molar-refractivity contribution in [3.8, 4) is 17.2 Å². The van der Waals surface area contributed by atoms with Gasteiger partial charge in [0.2, 0.25) is 0 Å². The first-order valence-electron chi connectivity index (χ1n) is 10.4. The highest BCUT2D eigenvalue weighted by molar-refractivity contribution is 5.79. The van der Waals surface area contributed by atoms with Crippen molar-refractivity contribution in [3.63, 3.8) is 0 Å². The lowest BCUT2D eigenvalue weighted by Gasteiger charge is -2.27. The van der Waals surface area contributed by atoms with Gasteiger partial charge in [0.05, 0.1) is 33.9 Å². The standard InChI is InChI=1S/C24H36N4O3/c1-8-25-24(28(4)17-19-11-9-10-12-21(19)29-5)26-16-20(27(2)3)18-13-14-22(30-6)23(15-18)31-7/h9-15,20H,8,16-17H2,1-7H3,(H,25,26). The summed E-state index contributed by atoms with van der Waals surface area (Å²) in [5, 5.41) is 3.40. The van der Waals surface area contributed by atoms with Crippen molar-refractivity contribution in [3.05, 3.63) is 53.6 Å². The molecule has 0 fully saturated rings. The second-order valence-corrected chi connectivity index (χ2v) is 7.46. The first-order chi connectivity index (χ1) is 14.9. The minimum Gasteiger partial charge on any atom is -0.496 e. The fourth-order valence-corrected chi connectivity index (χ4v) is 3.43. The summed E-state index contributed by atoms with van der Waals surface area (Å²) in [4.78, 5) is 9.21. The predicted molar refractivity (Wildman–Crippen MR) is 126 cm³/mol. The van der Waals surface area contributed by atoms with Gasteiger partial charge in [0.15, 0.2) is 17.5 Å². The van der Waals surface area contributed by atoms with Gasteiger partial charge >= 0.3 is 0 Å². The molecule has 1 N–H and O–H groups in total. The van der Waals surface area contributed by atoms with E-state index in [1.54, 1.807) is 21.3 Å². The topological polar surface area (TPSA) is 58.6 Å². The molecule has 1 atom stereocenters.